The van der Waals surface area contributed by atoms with Crippen molar-refractivity contribution in [2.45, 2.75) is 0 Å². The lowest BCUT2D eigenvalue weighted by atomic mass is 9.94. The molecule has 0 saturated heterocycles. The predicted molar refractivity (Wildman–Crippen MR) is 223 cm³/mol. The Morgan fingerprint density at radius 3 is 1.94 bits per heavy atom. The average molecular weight is 677 g/mol. The Kier molecular flexibility index (Phi) is 6.55. The van der Waals surface area contributed by atoms with E-state index in [1.807, 2.05) is 0 Å². The molecule has 0 amide bonds. The van der Waals surface area contributed by atoms with Crippen molar-refractivity contribution in [1.29, 1.82) is 0 Å². The maximum Gasteiger partial charge on any atom is 0.137 e. The van der Waals surface area contributed by atoms with Crippen LogP contribution in [0.15, 0.2) is 199 Å². The Hall–Kier alpha value is -7.10. The van der Waals surface area contributed by atoms with Crippen LogP contribution in [-0.4, -0.2) is 4.57 Å². The van der Waals surface area contributed by atoms with Gasteiger partial charge in [-0.25, -0.2) is 0 Å². The number of fused-ring (bicyclic) bond motifs is 9. The van der Waals surface area contributed by atoms with Crippen LogP contribution in [0.2, 0.25) is 0 Å². The minimum atomic E-state index is 0.862. The number of furan rings is 1. The molecule has 0 bridgehead atoms. The van der Waals surface area contributed by atoms with Gasteiger partial charge in [0, 0.05) is 33.2 Å². The van der Waals surface area contributed by atoms with Gasteiger partial charge in [-0.1, -0.05) is 127 Å². The summed E-state index contributed by atoms with van der Waals surface area (Å²) in [7, 11) is 0. The molecule has 9 aromatic carbocycles. The molecule has 0 saturated carbocycles. The Labute approximate surface area is 306 Å². The molecule has 0 aliphatic heterocycles. The lowest BCUT2D eigenvalue weighted by molar-refractivity contribution is 0.669. The molecule has 3 nitrogen and oxygen atoms in total. The van der Waals surface area contributed by atoms with Crippen molar-refractivity contribution in [2.24, 2.45) is 0 Å². The van der Waals surface area contributed by atoms with E-state index in [2.05, 4.69) is 204 Å². The molecule has 3 heteroatoms. The minimum Gasteiger partial charge on any atom is -0.456 e. The standard InChI is InChI=1S/C50H32N2O/c1-3-16-36(17-4-1)51(38-28-26-33-14-7-8-15-34(33)30-38)45-24-13-25-47-50(45)49-42-22-10-9-20-39(42)43(32-48(49)53-47)35-27-29-41-40-21-11-12-23-44(40)52(46(41)31-35)37-18-5-2-6-19-37/h1-32H. The Morgan fingerprint density at radius 1 is 0.396 bits per heavy atom. The lowest BCUT2D eigenvalue weighted by Crippen LogP contribution is -2.10. The third-order valence-electron chi connectivity index (χ3n) is 10.7. The first-order chi connectivity index (χ1) is 26.3. The van der Waals surface area contributed by atoms with Gasteiger partial charge in [0.15, 0.2) is 0 Å². The molecule has 0 aliphatic carbocycles. The first-order valence-electron chi connectivity index (χ1n) is 18.1. The van der Waals surface area contributed by atoms with Crippen molar-refractivity contribution < 1.29 is 4.42 Å². The van der Waals surface area contributed by atoms with Crippen LogP contribution in [0.4, 0.5) is 17.1 Å². The first kappa shape index (κ1) is 29.6. The topological polar surface area (TPSA) is 21.3 Å². The van der Waals surface area contributed by atoms with E-state index in [-0.39, 0.29) is 0 Å². The van der Waals surface area contributed by atoms with Crippen LogP contribution in [-0.2, 0) is 0 Å². The Balaban J connectivity index is 1.17. The molecule has 2 heterocycles. The average Bonchev–Trinajstić information content (AvgIpc) is 3.77. The number of aromatic nitrogens is 1. The summed E-state index contributed by atoms with van der Waals surface area (Å²) in [4.78, 5) is 2.36. The maximum absolute atomic E-state index is 6.85. The summed E-state index contributed by atoms with van der Waals surface area (Å²) in [6.45, 7) is 0. The van der Waals surface area contributed by atoms with Crippen LogP contribution >= 0.6 is 0 Å². The van der Waals surface area contributed by atoms with Gasteiger partial charge in [0.05, 0.1) is 22.1 Å². The van der Waals surface area contributed by atoms with Gasteiger partial charge in [0.2, 0.25) is 0 Å². The van der Waals surface area contributed by atoms with Gasteiger partial charge in [-0.05, 0) is 99.4 Å². The molecule has 248 valence electrons. The number of para-hydroxylation sites is 3. The van der Waals surface area contributed by atoms with Crippen molar-refractivity contribution in [2.75, 3.05) is 4.90 Å². The second-order valence-corrected chi connectivity index (χ2v) is 13.7. The Bertz CT molecular complexity index is 3170. The highest BCUT2D eigenvalue weighted by atomic mass is 16.3. The van der Waals surface area contributed by atoms with E-state index in [9.17, 15) is 0 Å². The number of benzene rings is 9. The number of anilines is 3. The highest BCUT2D eigenvalue weighted by molar-refractivity contribution is 6.26. The molecule has 0 fully saturated rings. The SMILES string of the molecule is c1ccc(N(c2ccc3ccccc3c2)c2cccc3oc4cc(-c5ccc6c7ccccc7n(-c7ccccc7)c6c5)c5ccccc5c4c23)cc1. The molecular formula is C50H32N2O. The van der Waals surface area contributed by atoms with Crippen LogP contribution < -0.4 is 4.90 Å². The molecule has 0 atom stereocenters. The van der Waals surface area contributed by atoms with Crippen molar-refractivity contribution in [3.8, 4) is 16.8 Å². The van der Waals surface area contributed by atoms with Gasteiger partial charge < -0.3 is 13.9 Å². The highest BCUT2D eigenvalue weighted by Crippen LogP contribution is 2.47. The van der Waals surface area contributed by atoms with E-state index in [1.165, 1.54) is 43.4 Å². The second kappa shape index (κ2) is 11.7. The van der Waals surface area contributed by atoms with Crippen molar-refractivity contribution in [3.05, 3.63) is 194 Å². The second-order valence-electron chi connectivity index (χ2n) is 13.7. The molecule has 0 radical (unpaired) electrons. The van der Waals surface area contributed by atoms with Crippen LogP contribution in [0.1, 0.15) is 0 Å². The van der Waals surface area contributed by atoms with E-state index in [4.69, 9.17) is 4.42 Å². The van der Waals surface area contributed by atoms with E-state index < -0.39 is 0 Å². The van der Waals surface area contributed by atoms with Gasteiger partial charge in [-0.3, -0.25) is 0 Å². The van der Waals surface area contributed by atoms with E-state index in [0.717, 1.165) is 55.8 Å². The normalized spacial score (nSPS) is 11.8. The number of hydrogen-bond donors (Lipinski definition) is 0. The van der Waals surface area contributed by atoms with E-state index in [1.54, 1.807) is 0 Å². The molecule has 0 spiro atoms. The monoisotopic (exact) mass is 676 g/mol. The fourth-order valence-corrected chi connectivity index (χ4v) is 8.40. The lowest BCUT2D eigenvalue weighted by Gasteiger charge is -2.26. The quantitative estimate of drug-likeness (QED) is 0.181. The molecule has 0 unspecified atom stereocenters. The summed E-state index contributed by atoms with van der Waals surface area (Å²) in [5.41, 5.74) is 10.8. The van der Waals surface area contributed by atoms with Crippen LogP contribution in [0.5, 0.6) is 0 Å². The van der Waals surface area contributed by atoms with Crippen LogP contribution in [0.25, 0.3) is 82.1 Å². The van der Waals surface area contributed by atoms with Gasteiger partial charge in [0.1, 0.15) is 11.2 Å². The molecule has 2 aromatic heterocycles. The zero-order valence-electron chi connectivity index (χ0n) is 28.8. The largest absolute Gasteiger partial charge is 0.456 e. The molecule has 53 heavy (non-hydrogen) atoms. The number of nitrogens with zero attached hydrogens (tertiary/aromatic N) is 2. The summed E-state index contributed by atoms with van der Waals surface area (Å²) in [5.74, 6) is 0. The molecule has 11 aromatic rings. The molecular weight excluding hydrogens is 645 g/mol. The Morgan fingerprint density at radius 2 is 1.09 bits per heavy atom. The zero-order chi connectivity index (χ0) is 34.9. The fourth-order valence-electron chi connectivity index (χ4n) is 8.40. The van der Waals surface area contributed by atoms with Gasteiger partial charge in [0.25, 0.3) is 0 Å². The van der Waals surface area contributed by atoms with Crippen molar-refractivity contribution >= 4 is 82.4 Å². The highest BCUT2D eigenvalue weighted by Gasteiger charge is 2.22. The summed E-state index contributed by atoms with van der Waals surface area (Å²) < 4.78 is 9.23. The number of hydrogen-bond acceptors (Lipinski definition) is 2. The van der Waals surface area contributed by atoms with Crippen LogP contribution in [0, 0.1) is 0 Å². The third-order valence-corrected chi connectivity index (χ3v) is 10.7. The van der Waals surface area contributed by atoms with E-state index >= 15 is 0 Å². The third kappa shape index (κ3) is 4.61. The van der Waals surface area contributed by atoms with Gasteiger partial charge in [-0.15, -0.1) is 0 Å². The smallest absolute Gasteiger partial charge is 0.137 e. The summed E-state index contributed by atoms with van der Waals surface area (Å²) in [5, 5.41) is 9.49. The van der Waals surface area contributed by atoms with E-state index in [0.29, 0.717) is 0 Å². The van der Waals surface area contributed by atoms with Gasteiger partial charge >= 0.3 is 0 Å². The predicted octanol–water partition coefficient (Wildman–Crippen LogP) is 14.1. The summed E-state index contributed by atoms with van der Waals surface area (Å²) in [6.07, 6.45) is 0. The molecule has 11 rings (SSSR count). The van der Waals surface area contributed by atoms with Crippen molar-refractivity contribution in [3.63, 3.8) is 0 Å². The zero-order valence-corrected chi connectivity index (χ0v) is 28.8. The molecule has 0 N–H and O–H groups in total. The first-order valence-corrected chi connectivity index (χ1v) is 18.1. The van der Waals surface area contributed by atoms with Crippen LogP contribution in [0.3, 0.4) is 0 Å². The maximum atomic E-state index is 6.85. The fraction of sp³-hybridized carbons (Fsp3) is 0. The molecule has 0 aliphatic rings. The van der Waals surface area contributed by atoms with Crippen molar-refractivity contribution in [1.82, 2.24) is 4.57 Å². The summed E-state index contributed by atoms with van der Waals surface area (Å²) in [6, 6.07) is 69.6. The number of rotatable bonds is 5. The minimum absolute atomic E-state index is 0.862. The summed E-state index contributed by atoms with van der Waals surface area (Å²) >= 11 is 0. The van der Waals surface area contributed by atoms with Gasteiger partial charge in [-0.2, -0.15) is 0 Å².